The number of hydrogen-bond acceptors (Lipinski definition) is 11. The molecule has 2 rings (SSSR count). The third-order valence-corrected chi connectivity index (χ3v) is 8.04. The van der Waals surface area contributed by atoms with Crippen LogP contribution >= 0.6 is 19.4 Å². The third kappa shape index (κ3) is 7.44. The second-order valence-corrected chi connectivity index (χ2v) is 10.5. The molecule has 1 aliphatic heterocycles. The molecular weight excluding hydrogens is 475 g/mol. The minimum absolute atomic E-state index is 0.162. The molecule has 0 bridgehead atoms. The van der Waals surface area contributed by atoms with Gasteiger partial charge in [0.2, 0.25) is 5.95 Å². The maximum Gasteiger partial charge on any atom is 0.424 e. The van der Waals surface area contributed by atoms with E-state index in [-0.39, 0.29) is 31.5 Å². The number of esters is 1. The van der Waals surface area contributed by atoms with E-state index in [0.29, 0.717) is 0 Å². The molecule has 33 heavy (non-hydrogen) atoms. The number of carbonyl (C=O) groups is 1. The van der Waals surface area contributed by atoms with Gasteiger partial charge in [0, 0.05) is 11.4 Å². The fourth-order valence-corrected chi connectivity index (χ4v) is 5.66. The van der Waals surface area contributed by atoms with E-state index in [0.717, 1.165) is 30.7 Å². The fourth-order valence-electron chi connectivity index (χ4n) is 3.04. The van der Waals surface area contributed by atoms with Gasteiger partial charge in [0.25, 0.3) is 0 Å². The molecule has 0 saturated carbocycles. The monoisotopic (exact) mass is 504 g/mol. The molecule has 4 N–H and O–H groups in total. The molecule has 1 fully saturated rings. The first-order chi connectivity index (χ1) is 15.7. The smallest absolute Gasteiger partial charge is 0.424 e. The van der Waals surface area contributed by atoms with E-state index in [1.807, 2.05) is 13.8 Å². The number of nitrogens with one attached hydrogen (secondary N) is 1. The second kappa shape index (κ2) is 12.4. The van der Waals surface area contributed by atoms with Gasteiger partial charge in [-0.25, -0.2) is 24.2 Å². The number of rotatable bonds is 13. The Bertz CT molecular complexity index is 943. The number of aromatic nitrogens is 3. The van der Waals surface area contributed by atoms with Crippen LogP contribution in [0.5, 0.6) is 0 Å². The van der Waals surface area contributed by atoms with Crippen LogP contribution in [-0.4, -0.2) is 56.2 Å². The third-order valence-electron chi connectivity index (χ3n) is 5.19. The van der Waals surface area contributed by atoms with Gasteiger partial charge in [-0.3, -0.25) is 9.09 Å². The van der Waals surface area contributed by atoms with Crippen molar-refractivity contribution in [2.75, 3.05) is 18.9 Å². The van der Waals surface area contributed by atoms with E-state index in [4.69, 9.17) is 15.0 Å². The molecular formula is C18H29N6O7PS. The summed E-state index contributed by atoms with van der Waals surface area (Å²) in [6, 6.07) is -1.28. The van der Waals surface area contributed by atoms with Crippen LogP contribution < -0.4 is 16.5 Å². The van der Waals surface area contributed by atoms with Crippen LogP contribution in [0.15, 0.2) is 28.7 Å². The van der Waals surface area contributed by atoms with Crippen molar-refractivity contribution < 1.29 is 23.7 Å². The Labute approximate surface area is 195 Å². The van der Waals surface area contributed by atoms with E-state index in [1.165, 1.54) is 10.9 Å². The number of thioether (sulfide) groups is 1. The van der Waals surface area contributed by atoms with Gasteiger partial charge in [-0.15, -0.1) is 23.2 Å². The molecule has 0 radical (unpaired) electrons. The average molecular weight is 505 g/mol. The maximum atomic E-state index is 12.8. The predicted octanol–water partition coefficient (Wildman–Crippen LogP) is 1.60. The summed E-state index contributed by atoms with van der Waals surface area (Å²) in [4.78, 5) is 45.4. The highest BCUT2D eigenvalue weighted by molar-refractivity contribution is 8.00. The molecule has 1 saturated heterocycles. The molecule has 1 aromatic heterocycles. The minimum atomic E-state index is -4.36. The van der Waals surface area contributed by atoms with Gasteiger partial charge in [0.15, 0.2) is 0 Å². The first-order valence-corrected chi connectivity index (χ1v) is 12.9. The number of carbonyl (C=O) groups excluding carboxylic acids is 1. The molecule has 0 amide bonds. The highest BCUT2D eigenvalue weighted by Crippen LogP contribution is 2.48. The number of nitroso groups, excluding NO2 is 1. The van der Waals surface area contributed by atoms with Crippen molar-refractivity contribution in [3.8, 4) is 0 Å². The molecule has 2 heterocycles. The number of nitrogen functional groups attached to an aromatic ring is 1. The van der Waals surface area contributed by atoms with Crippen LogP contribution in [0.2, 0.25) is 0 Å². The summed E-state index contributed by atoms with van der Waals surface area (Å²) >= 11 is 1.15. The van der Waals surface area contributed by atoms with E-state index >= 15 is 0 Å². The summed E-state index contributed by atoms with van der Waals surface area (Å²) < 4.78 is 24.4. The lowest BCUT2D eigenvalue weighted by Crippen LogP contribution is -2.35. The Hall–Kier alpha value is -2.12. The van der Waals surface area contributed by atoms with Crippen LogP contribution in [0, 0.1) is 10.8 Å². The van der Waals surface area contributed by atoms with Crippen LogP contribution in [0.4, 0.5) is 5.95 Å². The molecule has 15 heteroatoms. The Morgan fingerprint density at radius 1 is 1.55 bits per heavy atom. The average Bonchev–Trinajstić information content (AvgIpc) is 3.16. The minimum Gasteiger partial charge on any atom is -0.464 e. The topological polar surface area (TPSA) is 188 Å². The summed E-state index contributed by atoms with van der Waals surface area (Å²) in [7, 11) is -4.36. The number of hydrogen-bond donors (Lipinski definition) is 3. The van der Waals surface area contributed by atoms with Crippen molar-refractivity contribution in [2.24, 2.45) is 10.9 Å². The quantitative estimate of drug-likeness (QED) is 0.152. The summed E-state index contributed by atoms with van der Waals surface area (Å²) in [5.74, 6) is -0.749. The number of nitrogens with zero attached hydrogens (tertiary/aromatic N) is 4. The van der Waals surface area contributed by atoms with Crippen LogP contribution in [-0.2, 0) is 18.6 Å². The number of ether oxygens (including phenoxy) is 1. The summed E-state index contributed by atoms with van der Waals surface area (Å²) in [6.45, 7) is 7.28. The molecule has 13 nitrogen and oxygen atoms in total. The normalized spacial score (nSPS) is 23.1. The Morgan fingerprint density at radius 3 is 2.82 bits per heavy atom. The van der Waals surface area contributed by atoms with E-state index in [2.05, 4.69) is 26.6 Å². The van der Waals surface area contributed by atoms with E-state index in [9.17, 15) is 24.2 Å². The van der Waals surface area contributed by atoms with Gasteiger partial charge >= 0.3 is 19.3 Å². The zero-order chi connectivity index (χ0) is 24.6. The number of aliphatic hydroxyl groups is 1. The standard InChI is InChI=1S/C18H29N6O7PS/c1-4-11(5-2)8-30-16(26)12(6-3)22-32(29,23-28)31-9-14-13(25)7-15(33-14)24-10-20-17(19)21-18(24)27/h6,10-15,25H,3-5,7-9H2,1-2H3,(H,22,29)(H2,19,21,27)/t12-,13+,14+,15+,32?/m0/s1. The van der Waals surface area contributed by atoms with Crippen LogP contribution in [0.1, 0.15) is 38.5 Å². The van der Waals surface area contributed by atoms with Gasteiger partial charge in [0.05, 0.1) is 29.9 Å². The highest BCUT2D eigenvalue weighted by atomic mass is 32.2. The first kappa shape index (κ1) is 27.1. The molecule has 1 unspecified atom stereocenters. The zero-order valence-corrected chi connectivity index (χ0v) is 20.1. The first-order valence-electron chi connectivity index (χ1n) is 10.4. The molecule has 184 valence electrons. The van der Waals surface area contributed by atoms with Crippen molar-refractivity contribution in [3.63, 3.8) is 0 Å². The lowest BCUT2D eigenvalue weighted by Gasteiger charge is -2.21. The predicted molar refractivity (Wildman–Crippen MR) is 123 cm³/mol. The second-order valence-electron chi connectivity index (χ2n) is 7.39. The summed E-state index contributed by atoms with van der Waals surface area (Å²) in [5.41, 5.74) is 4.75. The van der Waals surface area contributed by atoms with Gasteiger partial charge in [-0.2, -0.15) is 4.98 Å². The zero-order valence-electron chi connectivity index (χ0n) is 18.4. The SMILES string of the molecule is C=C[C@H](NP(=O)(N=O)OC[C@H]1S[C@@H](n2cnc(N)nc2=O)C[C@H]1O)C(=O)OCC(CC)CC. The van der Waals surface area contributed by atoms with E-state index in [1.54, 1.807) is 0 Å². The molecule has 1 aromatic rings. The molecule has 0 aliphatic carbocycles. The van der Waals surface area contributed by atoms with Gasteiger partial charge in [-0.05, 0) is 5.92 Å². The Balaban J connectivity index is 1.97. The van der Waals surface area contributed by atoms with E-state index < -0.39 is 42.1 Å². The van der Waals surface area contributed by atoms with Crippen molar-refractivity contribution in [1.29, 1.82) is 0 Å². The van der Waals surface area contributed by atoms with Gasteiger partial charge in [-0.1, -0.05) is 32.8 Å². The van der Waals surface area contributed by atoms with Gasteiger partial charge in [0.1, 0.15) is 12.4 Å². The largest absolute Gasteiger partial charge is 0.464 e. The van der Waals surface area contributed by atoms with Crippen LogP contribution in [0.3, 0.4) is 0 Å². The Kier molecular flexibility index (Phi) is 10.2. The maximum absolute atomic E-state index is 12.8. The highest BCUT2D eigenvalue weighted by Gasteiger charge is 2.39. The molecule has 5 atom stereocenters. The number of anilines is 1. The summed E-state index contributed by atoms with van der Waals surface area (Å²) in [6.07, 6.45) is 3.23. The van der Waals surface area contributed by atoms with Crippen molar-refractivity contribution in [2.45, 2.75) is 55.9 Å². The van der Waals surface area contributed by atoms with Crippen molar-refractivity contribution in [1.82, 2.24) is 19.6 Å². The lowest BCUT2D eigenvalue weighted by atomic mass is 10.1. The van der Waals surface area contributed by atoms with Crippen molar-refractivity contribution >= 4 is 31.3 Å². The molecule has 1 aliphatic rings. The van der Waals surface area contributed by atoms with Gasteiger partial charge < -0.3 is 15.6 Å². The number of nitrogens with two attached hydrogens (primary N) is 1. The fraction of sp³-hybridized carbons (Fsp3) is 0.667. The lowest BCUT2D eigenvalue weighted by molar-refractivity contribution is -0.145. The summed E-state index contributed by atoms with van der Waals surface area (Å²) in [5, 5.41) is 11.4. The molecule has 0 spiro atoms. The Morgan fingerprint density at radius 2 is 2.24 bits per heavy atom. The molecule has 0 aromatic carbocycles. The number of aliphatic hydroxyl groups excluding tert-OH is 1. The van der Waals surface area contributed by atoms with Crippen molar-refractivity contribution in [3.05, 3.63) is 34.4 Å². The van der Waals surface area contributed by atoms with Crippen LogP contribution in [0.25, 0.3) is 0 Å².